The molecular formula is C16H26N2O3S. The summed E-state index contributed by atoms with van der Waals surface area (Å²) in [7, 11) is -3.45. The van der Waals surface area contributed by atoms with Gasteiger partial charge < -0.3 is 10.5 Å². The van der Waals surface area contributed by atoms with Gasteiger partial charge in [-0.05, 0) is 48.6 Å². The Bertz CT molecular complexity index is 598. The van der Waals surface area contributed by atoms with Crippen LogP contribution in [0.1, 0.15) is 27.2 Å². The SMILES string of the molecule is CC(C)COc1ccc(S(=O)(=O)N2CCC(C)(CN)C2)cc1. The normalized spacial score (nSPS) is 23.1. The molecule has 0 radical (unpaired) electrons. The van der Waals surface area contributed by atoms with Gasteiger partial charge in [0.2, 0.25) is 10.0 Å². The zero-order chi connectivity index (χ0) is 16.4. The first kappa shape index (κ1) is 17.2. The fourth-order valence-electron chi connectivity index (χ4n) is 2.47. The first-order valence-corrected chi connectivity index (χ1v) is 9.14. The summed E-state index contributed by atoms with van der Waals surface area (Å²) < 4.78 is 32.4. The van der Waals surface area contributed by atoms with Crippen LogP contribution in [0.25, 0.3) is 0 Å². The second-order valence-corrected chi connectivity index (χ2v) is 8.72. The van der Waals surface area contributed by atoms with Gasteiger partial charge in [0.05, 0.1) is 11.5 Å². The van der Waals surface area contributed by atoms with Gasteiger partial charge >= 0.3 is 0 Å². The molecular weight excluding hydrogens is 300 g/mol. The maximum atomic E-state index is 12.7. The molecule has 0 amide bonds. The molecule has 1 atom stereocenters. The summed E-state index contributed by atoms with van der Waals surface area (Å²) in [6.07, 6.45) is 0.804. The zero-order valence-electron chi connectivity index (χ0n) is 13.6. The van der Waals surface area contributed by atoms with Crippen LogP contribution in [-0.2, 0) is 10.0 Å². The Balaban J connectivity index is 2.10. The molecule has 22 heavy (non-hydrogen) atoms. The molecule has 0 saturated carbocycles. The lowest BCUT2D eigenvalue weighted by Crippen LogP contribution is -2.34. The van der Waals surface area contributed by atoms with Crippen LogP contribution in [0, 0.1) is 11.3 Å². The Morgan fingerprint density at radius 1 is 1.32 bits per heavy atom. The maximum Gasteiger partial charge on any atom is 0.243 e. The third-order valence-corrected chi connectivity index (χ3v) is 5.92. The van der Waals surface area contributed by atoms with Crippen molar-refractivity contribution >= 4 is 10.0 Å². The molecule has 0 spiro atoms. The van der Waals surface area contributed by atoms with Crippen molar-refractivity contribution in [3.05, 3.63) is 24.3 Å². The van der Waals surface area contributed by atoms with E-state index in [1.165, 1.54) is 4.31 Å². The summed E-state index contributed by atoms with van der Waals surface area (Å²) in [5.41, 5.74) is 5.63. The number of nitrogens with zero attached hydrogens (tertiary/aromatic N) is 1. The smallest absolute Gasteiger partial charge is 0.243 e. The molecule has 1 unspecified atom stereocenters. The van der Waals surface area contributed by atoms with Gasteiger partial charge in [0.15, 0.2) is 0 Å². The lowest BCUT2D eigenvalue weighted by molar-refractivity contribution is 0.271. The predicted octanol–water partition coefficient (Wildman–Crippen LogP) is 2.08. The van der Waals surface area contributed by atoms with E-state index >= 15 is 0 Å². The molecule has 124 valence electrons. The van der Waals surface area contributed by atoms with Gasteiger partial charge in [0.25, 0.3) is 0 Å². The van der Waals surface area contributed by atoms with E-state index in [1.54, 1.807) is 24.3 Å². The van der Waals surface area contributed by atoms with E-state index < -0.39 is 10.0 Å². The first-order valence-electron chi connectivity index (χ1n) is 7.70. The van der Waals surface area contributed by atoms with Crippen molar-refractivity contribution in [1.82, 2.24) is 4.31 Å². The molecule has 1 aliphatic rings. The molecule has 0 aliphatic carbocycles. The van der Waals surface area contributed by atoms with Crippen LogP contribution in [-0.4, -0.2) is 39.0 Å². The summed E-state index contributed by atoms with van der Waals surface area (Å²) in [6.45, 7) is 8.31. The second kappa shape index (κ2) is 6.56. The second-order valence-electron chi connectivity index (χ2n) is 6.78. The van der Waals surface area contributed by atoms with Crippen molar-refractivity contribution < 1.29 is 13.2 Å². The minimum atomic E-state index is -3.45. The topological polar surface area (TPSA) is 72.6 Å². The van der Waals surface area contributed by atoms with Crippen LogP contribution in [0.4, 0.5) is 0 Å². The minimum absolute atomic E-state index is 0.118. The zero-order valence-corrected chi connectivity index (χ0v) is 14.4. The average molecular weight is 326 g/mol. The van der Waals surface area contributed by atoms with E-state index in [9.17, 15) is 8.42 Å². The van der Waals surface area contributed by atoms with Crippen LogP contribution in [0.5, 0.6) is 5.75 Å². The molecule has 1 fully saturated rings. The number of ether oxygens (including phenoxy) is 1. The van der Waals surface area contributed by atoms with Gasteiger partial charge in [-0.3, -0.25) is 0 Å². The molecule has 2 N–H and O–H groups in total. The van der Waals surface area contributed by atoms with E-state index in [4.69, 9.17) is 10.5 Å². The van der Waals surface area contributed by atoms with Gasteiger partial charge in [-0.15, -0.1) is 0 Å². The lowest BCUT2D eigenvalue weighted by Gasteiger charge is -2.22. The minimum Gasteiger partial charge on any atom is -0.493 e. The van der Waals surface area contributed by atoms with Crippen molar-refractivity contribution in [1.29, 1.82) is 0 Å². The van der Waals surface area contributed by atoms with Gasteiger partial charge in [0, 0.05) is 13.1 Å². The quantitative estimate of drug-likeness (QED) is 0.869. The molecule has 6 heteroatoms. The highest BCUT2D eigenvalue weighted by Crippen LogP contribution is 2.32. The number of hydrogen-bond donors (Lipinski definition) is 1. The summed E-state index contributed by atoms with van der Waals surface area (Å²) in [5.74, 6) is 1.13. The molecule has 1 aromatic rings. The molecule has 1 aromatic carbocycles. The van der Waals surface area contributed by atoms with E-state index in [-0.39, 0.29) is 5.41 Å². The maximum absolute atomic E-state index is 12.7. The highest BCUT2D eigenvalue weighted by molar-refractivity contribution is 7.89. The summed E-state index contributed by atoms with van der Waals surface area (Å²) in [4.78, 5) is 0.311. The summed E-state index contributed by atoms with van der Waals surface area (Å²) in [5, 5.41) is 0. The fourth-order valence-corrected chi connectivity index (χ4v) is 4.06. The Morgan fingerprint density at radius 2 is 1.95 bits per heavy atom. The molecule has 2 rings (SSSR count). The number of hydrogen-bond acceptors (Lipinski definition) is 4. The summed E-state index contributed by atoms with van der Waals surface area (Å²) >= 11 is 0. The standard InChI is InChI=1S/C16H26N2O3S/c1-13(2)10-21-14-4-6-15(7-5-14)22(19,20)18-9-8-16(3,11-17)12-18/h4-7,13H,8-12,17H2,1-3H3. The third kappa shape index (κ3) is 3.80. The van der Waals surface area contributed by atoms with Crippen molar-refractivity contribution in [2.45, 2.75) is 32.1 Å². The Morgan fingerprint density at radius 3 is 2.45 bits per heavy atom. The number of nitrogens with two attached hydrogens (primary N) is 1. The monoisotopic (exact) mass is 326 g/mol. The average Bonchev–Trinajstić information content (AvgIpc) is 2.89. The van der Waals surface area contributed by atoms with E-state index in [2.05, 4.69) is 13.8 Å². The van der Waals surface area contributed by atoms with Gasteiger partial charge in [-0.1, -0.05) is 20.8 Å². The van der Waals surface area contributed by atoms with E-state index in [0.29, 0.717) is 42.8 Å². The predicted molar refractivity (Wildman–Crippen MR) is 87.3 cm³/mol. The lowest BCUT2D eigenvalue weighted by atomic mass is 9.90. The first-order chi connectivity index (χ1) is 10.3. The van der Waals surface area contributed by atoms with Crippen LogP contribution in [0.15, 0.2) is 29.2 Å². The van der Waals surface area contributed by atoms with Crippen molar-refractivity contribution in [2.75, 3.05) is 26.2 Å². The van der Waals surface area contributed by atoms with E-state index in [1.807, 2.05) is 6.92 Å². The Kier molecular flexibility index (Phi) is 5.14. The third-order valence-electron chi connectivity index (χ3n) is 4.06. The summed E-state index contributed by atoms with van der Waals surface area (Å²) in [6, 6.07) is 6.66. The fraction of sp³-hybridized carbons (Fsp3) is 0.625. The Hall–Kier alpha value is -1.11. The molecule has 0 bridgehead atoms. The number of benzene rings is 1. The Labute approximate surface area is 133 Å². The largest absolute Gasteiger partial charge is 0.493 e. The number of sulfonamides is 1. The van der Waals surface area contributed by atoms with Crippen LogP contribution in [0.2, 0.25) is 0 Å². The van der Waals surface area contributed by atoms with Crippen molar-refractivity contribution in [2.24, 2.45) is 17.1 Å². The van der Waals surface area contributed by atoms with E-state index in [0.717, 1.165) is 6.42 Å². The molecule has 1 saturated heterocycles. The molecule has 0 aromatic heterocycles. The van der Waals surface area contributed by atoms with Crippen molar-refractivity contribution in [3.8, 4) is 5.75 Å². The van der Waals surface area contributed by atoms with Crippen LogP contribution < -0.4 is 10.5 Å². The molecule has 5 nitrogen and oxygen atoms in total. The van der Waals surface area contributed by atoms with Gasteiger partial charge in [-0.25, -0.2) is 8.42 Å². The number of rotatable bonds is 6. The van der Waals surface area contributed by atoms with Crippen LogP contribution >= 0.6 is 0 Å². The van der Waals surface area contributed by atoms with Crippen molar-refractivity contribution in [3.63, 3.8) is 0 Å². The highest BCUT2D eigenvalue weighted by Gasteiger charge is 2.38. The van der Waals surface area contributed by atoms with Gasteiger partial charge in [-0.2, -0.15) is 4.31 Å². The van der Waals surface area contributed by atoms with Crippen LogP contribution in [0.3, 0.4) is 0 Å². The highest BCUT2D eigenvalue weighted by atomic mass is 32.2. The molecule has 1 heterocycles. The van der Waals surface area contributed by atoms with Gasteiger partial charge in [0.1, 0.15) is 5.75 Å². The molecule has 1 aliphatic heterocycles.